The summed E-state index contributed by atoms with van der Waals surface area (Å²) >= 11 is 0. The number of hydrogen-bond donors (Lipinski definition) is 0. The number of carbonyl (C=O) groups excluding carboxylic acids is 2. The zero-order chi connectivity index (χ0) is 15.6. The van der Waals surface area contributed by atoms with E-state index in [9.17, 15) is 19.8 Å². The van der Waals surface area contributed by atoms with Crippen LogP contribution >= 0.6 is 0 Å². The maximum absolute atomic E-state index is 9.75. The Morgan fingerprint density at radius 2 is 1.10 bits per heavy atom. The van der Waals surface area contributed by atoms with E-state index >= 15 is 0 Å². The Bertz CT molecular complexity index is 345. The number of aliphatic carboxylic acids is 2. The zero-order valence-corrected chi connectivity index (χ0v) is 16.0. The van der Waals surface area contributed by atoms with Gasteiger partial charge >= 0.3 is 19.5 Å². The van der Waals surface area contributed by atoms with Gasteiger partial charge in [-0.3, -0.25) is 0 Å². The van der Waals surface area contributed by atoms with Crippen LogP contribution in [-0.2, 0) is 29.1 Å². The first-order chi connectivity index (χ1) is 9.54. The van der Waals surface area contributed by atoms with Gasteiger partial charge in [0.05, 0.1) is 0 Å². The molecule has 0 aromatic heterocycles. The molecule has 0 atom stereocenters. The molecule has 0 unspecified atom stereocenters. The van der Waals surface area contributed by atoms with Crippen molar-refractivity contribution in [1.82, 2.24) is 0 Å². The Hall–Kier alpha value is -1.32. The number of unbranched alkanes of at least 4 members (excludes halogenated alkanes) is 6. The molecule has 0 fully saturated rings. The Labute approximate surface area is 140 Å². The first-order valence-corrected chi connectivity index (χ1v) is 6.94. The van der Waals surface area contributed by atoms with Gasteiger partial charge in [-0.2, -0.15) is 0 Å². The molecule has 5 heteroatoms. The maximum Gasteiger partial charge on any atom is 2.00 e. The Balaban J connectivity index is -0.000000295. The molecular weight excluding hydrogens is 322 g/mol. The molecule has 0 aliphatic carbocycles. The fourth-order valence-electron chi connectivity index (χ4n) is 1.20. The van der Waals surface area contributed by atoms with Gasteiger partial charge in [0.2, 0.25) is 0 Å². The molecule has 0 saturated heterocycles. The molecule has 0 bridgehead atoms. The van der Waals surface area contributed by atoms with Gasteiger partial charge in [0.1, 0.15) is 11.9 Å². The number of rotatable bonds is 6. The summed E-state index contributed by atoms with van der Waals surface area (Å²) in [7, 11) is 0. The third-order valence-corrected chi connectivity index (χ3v) is 2.19. The first-order valence-electron chi connectivity index (χ1n) is 6.94. The van der Waals surface area contributed by atoms with E-state index in [1.165, 1.54) is 0 Å². The van der Waals surface area contributed by atoms with Crippen molar-refractivity contribution in [3.05, 3.63) is 0 Å². The van der Waals surface area contributed by atoms with E-state index in [2.05, 4.69) is 25.7 Å². The van der Waals surface area contributed by atoms with E-state index in [0.29, 0.717) is 12.8 Å². The van der Waals surface area contributed by atoms with Crippen LogP contribution in [0.3, 0.4) is 0 Å². The fraction of sp³-hybridized carbons (Fsp3) is 0.625. The van der Waals surface area contributed by atoms with Gasteiger partial charge in [0.15, 0.2) is 0 Å². The molecule has 0 spiro atoms. The third kappa shape index (κ3) is 32.3. The number of carboxylic acids is 2. The van der Waals surface area contributed by atoms with Crippen LogP contribution in [0, 0.1) is 23.7 Å². The van der Waals surface area contributed by atoms with Crippen molar-refractivity contribution in [3.63, 3.8) is 0 Å². The van der Waals surface area contributed by atoms with Crippen molar-refractivity contribution in [3.8, 4) is 23.7 Å². The van der Waals surface area contributed by atoms with Gasteiger partial charge in [0, 0.05) is 12.8 Å². The smallest absolute Gasteiger partial charge is 0.537 e. The topological polar surface area (TPSA) is 80.3 Å². The minimum atomic E-state index is -1.28. The number of carboxylic acid groups (broad SMARTS) is 2. The molecule has 0 saturated carbocycles. The van der Waals surface area contributed by atoms with E-state index in [4.69, 9.17) is 0 Å². The van der Waals surface area contributed by atoms with Crippen LogP contribution in [0.5, 0.6) is 0 Å². The second-order valence-electron chi connectivity index (χ2n) is 4.09. The minimum Gasteiger partial charge on any atom is -0.537 e. The SMILES string of the molecule is CCCCCC#CC(=O)[O-].CCCCCC#CC(=O)[O-].[Zn+2]. The Kier molecular flexibility index (Phi) is 24.7. The van der Waals surface area contributed by atoms with E-state index in [1.54, 1.807) is 0 Å². The molecule has 0 aliphatic heterocycles. The van der Waals surface area contributed by atoms with Gasteiger partial charge in [-0.15, -0.1) is 0 Å². The normalized spacial score (nSPS) is 7.71. The Morgan fingerprint density at radius 3 is 1.33 bits per heavy atom. The molecule has 0 aliphatic rings. The van der Waals surface area contributed by atoms with Crippen LogP contribution in [0.2, 0.25) is 0 Å². The molecule has 0 amide bonds. The molecule has 0 radical (unpaired) electrons. The van der Waals surface area contributed by atoms with Crippen LogP contribution in [0.15, 0.2) is 0 Å². The summed E-state index contributed by atoms with van der Waals surface area (Å²) in [6.45, 7) is 4.18. The van der Waals surface area contributed by atoms with Gasteiger partial charge in [-0.1, -0.05) is 51.4 Å². The van der Waals surface area contributed by atoms with Crippen molar-refractivity contribution in [1.29, 1.82) is 0 Å². The minimum absolute atomic E-state index is 0. The van der Waals surface area contributed by atoms with Crippen molar-refractivity contribution in [2.75, 3.05) is 0 Å². The summed E-state index contributed by atoms with van der Waals surface area (Å²) in [5.74, 6) is 6.37. The Morgan fingerprint density at radius 1 is 0.762 bits per heavy atom. The van der Waals surface area contributed by atoms with Crippen molar-refractivity contribution in [2.24, 2.45) is 0 Å². The second-order valence-corrected chi connectivity index (χ2v) is 4.09. The quantitative estimate of drug-likeness (QED) is 0.402. The van der Waals surface area contributed by atoms with Gasteiger partial charge < -0.3 is 19.8 Å². The standard InChI is InChI=1S/2C8H12O2.Zn/c2*1-2-3-4-5-6-7-8(9)10;/h2*2-5H2,1H3,(H,9,10);/q;;+2/p-2. The average Bonchev–Trinajstić information content (AvgIpc) is 2.38. The van der Waals surface area contributed by atoms with Crippen molar-refractivity contribution >= 4 is 11.9 Å². The molecule has 21 heavy (non-hydrogen) atoms. The molecule has 0 aromatic carbocycles. The van der Waals surface area contributed by atoms with E-state index in [-0.39, 0.29) is 19.5 Å². The summed E-state index contributed by atoms with van der Waals surface area (Å²) in [6, 6.07) is 0. The number of carbonyl (C=O) groups is 2. The van der Waals surface area contributed by atoms with Crippen LogP contribution in [0.1, 0.15) is 65.2 Å². The van der Waals surface area contributed by atoms with Gasteiger partial charge in [-0.25, -0.2) is 0 Å². The predicted octanol–water partition coefficient (Wildman–Crippen LogP) is 0.638. The second kappa shape index (κ2) is 21.0. The van der Waals surface area contributed by atoms with Gasteiger partial charge in [0.25, 0.3) is 0 Å². The van der Waals surface area contributed by atoms with Crippen LogP contribution in [-0.4, -0.2) is 11.9 Å². The molecular formula is C16H22O4Zn. The first kappa shape index (κ1) is 24.7. The largest absolute Gasteiger partial charge is 2.00 e. The molecule has 0 aromatic rings. The molecule has 4 nitrogen and oxygen atoms in total. The van der Waals surface area contributed by atoms with E-state index < -0.39 is 11.9 Å². The molecule has 112 valence electrons. The van der Waals surface area contributed by atoms with Crippen LogP contribution in [0.25, 0.3) is 0 Å². The monoisotopic (exact) mass is 342 g/mol. The summed E-state index contributed by atoms with van der Waals surface area (Å²) in [5, 5.41) is 19.5. The molecule has 0 N–H and O–H groups in total. The summed E-state index contributed by atoms with van der Waals surface area (Å²) in [4.78, 5) is 19.5. The number of hydrogen-bond acceptors (Lipinski definition) is 4. The fourth-order valence-corrected chi connectivity index (χ4v) is 1.20. The van der Waals surface area contributed by atoms with Crippen molar-refractivity contribution < 1.29 is 39.3 Å². The van der Waals surface area contributed by atoms with Crippen LogP contribution in [0.4, 0.5) is 0 Å². The summed E-state index contributed by atoms with van der Waals surface area (Å²) < 4.78 is 0. The predicted molar refractivity (Wildman–Crippen MR) is 73.9 cm³/mol. The maximum atomic E-state index is 9.75. The van der Waals surface area contributed by atoms with Crippen LogP contribution < -0.4 is 10.2 Å². The average molecular weight is 344 g/mol. The summed E-state index contributed by atoms with van der Waals surface area (Å²) in [6.07, 6.45) is 7.79. The molecule has 0 heterocycles. The van der Waals surface area contributed by atoms with E-state index in [0.717, 1.165) is 38.5 Å². The zero-order valence-electron chi connectivity index (χ0n) is 13.0. The van der Waals surface area contributed by atoms with E-state index in [1.807, 2.05) is 11.8 Å². The third-order valence-electron chi connectivity index (χ3n) is 2.19. The van der Waals surface area contributed by atoms with Gasteiger partial charge in [-0.05, 0) is 24.7 Å². The molecule has 0 rings (SSSR count). The summed E-state index contributed by atoms with van der Waals surface area (Å²) in [5.41, 5.74) is 0. The van der Waals surface area contributed by atoms with Crippen molar-refractivity contribution in [2.45, 2.75) is 65.2 Å².